The van der Waals surface area contributed by atoms with Gasteiger partial charge in [0.25, 0.3) is 0 Å². The highest BCUT2D eigenvalue weighted by Crippen LogP contribution is 2.26. The molecule has 0 spiro atoms. The molecular weight excluding hydrogens is 194 g/mol. The molecule has 0 amide bonds. The number of hydrogen-bond donors (Lipinski definition) is 1. The van der Waals surface area contributed by atoms with Crippen LogP contribution in [-0.4, -0.2) is 47.3 Å². The number of ether oxygens (including phenoxy) is 1. The largest absolute Gasteiger partial charge is 0.468 e. The minimum Gasteiger partial charge on any atom is -0.468 e. The summed E-state index contributed by atoms with van der Waals surface area (Å²) in [6.07, 6.45) is -0.536. The Morgan fingerprint density at radius 2 is 1.73 bits per heavy atom. The van der Waals surface area contributed by atoms with Gasteiger partial charge >= 0.3 is 5.97 Å². The van der Waals surface area contributed by atoms with Crippen LogP contribution < -0.4 is 0 Å². The summed E-state index contributed by atoms with van der Waals surface area (Å²) >= 11 is 0. The van der Waals surface area contributed by atoms with Crippen molar-refractivity contribution in [2.24, 2.45) is 0 Å². The number of methoxy groups -OCH3 is 1. The van der Waals surface area contributed by atoms with Gasteiger partial charge in [-0.2, -0.15) is 0 Å². The molecule has 0 saturated heterocycles. The van der Waals surface area contributed by atoms with Gasteiger partial charge in [-0.15, -0.1) is 0 Å². The first-order valence-electron chi connectivity index (χ1n) is 5.09. The fourth-order valence-electron chi connectivity index (χ4n) is 1.39. The van der Waals surface area contributed by atoms with Crippen LogP contribution in [-0.2, 0) is 9.53 Å². The topological polar surface area (TPSA) is 49.8 Å². The molecule has 0 radical (unpaired) electrons. The van der Waals surface area contributed by atoms with Crippen LogP contribution in [0.15, 0.2) is 0 Å². The van der Waals surface area contributed by atoms with Crippen LogP contribution in [0.3, 0.4) is 0 Å². The highest BCUT2D eigenvalue weighted by molar-refractivity contribution is 5.79. The van der Waals surface area contributed by atoms with E-state index in [1.165, 1.54) is 7.11 Å². The van der Waals surface area contributed by atoms with Gasteiger partial charge in [-0.1, -0.05) is 0 Å². The Morgan fingerprint density at radius 1 is 1.33 bits per heavy atom. The molecule has 0 aromatic carbocycles. The molecule has 0 aliphatic carbocycles. The molecule has 1 N–H and O–H groups in total. The number of aliphatic hydroxyl groups excluding tert-OH is 1. The van der Waals surface area contributed by atoms with E-state index in [0.29, 0.717) is 0 Å². The lowest BCUT2D eigenvalue weighted by atomic mass is 9.90. The summed E-state index contributed by atoms with van der Waals surface area (Å²) in [6, 6.07) is 0. The lowest BCUT2D eigenvalue weighted by Crippen LogP contribution is -2.61. The van der Waals surface area contributed by atoms with E-state index in [4.69, 9.17) is 4.74 Å². The minimum atomic E-state index is -0.755. The molecule has 0 aromatic heterocycles. The highest BCUT2D eigenvalue weighted by Gasteiger charge is 2.43. The van der Waals surface area contributed by atoms with E-state index in [0.717, 1.165) is 0 Å². The number of carbonyl (C=O) groups is 1. The molecule has 90 valence electrons. The Labute approximate surface area is 92.2 Å². The molecule has 1 atom stereocenters. The fourth-order valence-corrected chi connectivity index (χ4v) is 1.39. The zero-order valence-electron chi connectivity index (χ0n) is 10.8. The molecule has 0 aliphatic heterocycles. The summed E-state index contributed by atoms with van der Waals surface area (Å²) in [5.74, 6) is -0.307. The maximum Gasteiger partial charge on any atom is 0.325 e. The van der Waals surface area contributed by atoms with Gasteiger partial charge in [0.1, 0.15) is 5.54 Å². The zero-order valence-corrected chi connectivity index (χ0v) is 10.8. The predicted molar refractivity (Wildman–Crippen MR) is 59.6 cm³/mol. The van der Waals surface area contributed by atoms with Crippen molar-refractivity contribution < 1.29 is 14.6 Å². The van der Waals surface area contributed by atoms with Crippen molar-refractivity contribution in [1.82, 2.24) is 4.90 Å². The van der Waals surface area contributed by atoms with Gasteiger partial charge < -0.3 is 9.84 Å². The van der Waals surface area contributed by atoms with Gasteiger partial charge in [0.05, 0.1) is 13.2 Å². The number of aliphatic hydroxyl groups is 1. The molecule has 0 aliphatic rings. The lowest BCUT2D eigenvalue weighted by molar-refractivity contribution is -0.158. The van der Waals surface area contributed by atoms with Crippen molar-refractivity contribution in [3.63, 3.8) is 0 Å². The average Bonchev–Trinajstić information content (AvgIpc) is 2.14. The van der Waals surface area contributed by atoms with E-state index in [9.17, 15) is 9.90 Å². The maximum absolute atomic E-state index is 11.6. The second-order valence-corrected chi connectivity index (χ2v) is 4.94. The molecule has 1 unspecified atom stereocenters. The molecule has 0 heterocycles. The smallest absolute Gasteiger partial charge is 0.325 e. The van der Waals surface area contributed by atoms with Crippen molar-refractivity contribution in [2.75, 3.05) is 14.2 Å². The van der Waals surface area contributed by atoms with Gasteiger partial charge in [-0.05, 0) is 41.7 Å². The van der Waals surface area contributed by atoms with E-state index < -0.39 is 17.2 Å². The van der Waals surface area contributed by atoms with E-state index in [1.54, 1.807) is 20.8 Å². The number of rotatable bonds is 4. The van der Waals surface area contributed by atoms with Crippen LogP contribution in [0.4, 0.5) is 0 Å². The zero-order chi connectivity index (χ0) is 12.4. The number of esters is 1. The van der Waals surface area contributed by atoms with Crippen molar-refractivity contribution >= 4 is 5.97 Å². The third-order valence-electron chi connectivity index (χ3n) is 3.41. The Balaban J connectivity index is 4.99. The summed E-state index contributed by atoms with van der Waals surface area (Å²) in [6.45, 7) is 9.06. The Bertz CT molecular complexity index is 234. The van der Waals surface area contributed by atoms with Crippen LogP contribution >= 0.6 is 0 Å². The summed E-state index contributed by atoms with van der Waals surface area (Å²) in [7, 11) is 3.18. The maximum atomic E-state index is 11.6. The standard InChI is InChI=1S/C11H23NO3/c1-8(13)10(2,3)12(6)11(4,5)9(14)15-7/h8,13H,1-7H3. The van der Waals surface area contributed by atoms with Crippen molar-refractivity contribution in [3.05, 3.63) is 0 Å². The predicted octanol–water partition coefficient (Wildman–Crippen LogP) is 1.03. The van der Waals surface area contributed by atoms with Crippen LogP contribution in [0.5, 0.6) is 0 Å². The third kappa shape index (κ3) is 2.69. The summed E-state index contributed by atoms with van der Waals surface area (Å²) in [5.41, 5.74) is -1.24. The molecular formula is C11H23NO3. The van der Waals surface area contributed by atoms with Gasteiger partial charge in [-0.25, -0.2) is 0 Å². The van der Waals surface area contributed by atoms with Crippen LogP contribution in [0, 0.1) is 0 Å². The van der Waals surface area contributed by atoms with E-state index in [-0.39, 0.29) is 5.97 Å². The highest BCUT2D eigenvalue weighted by atomic mass is 16.5. The normalized spacial score (nSPS) is 15.3. The fraction of sp³-hybridized carbons (Fsp3) is 0.909. The molecule has 4 heteroatoms. The molecule has 0 aromatic rings. The molecule has 0 saturated carbocycles. The van der Waals surface area contributed by atoms with Gasteiger partial charge in [-0.3, -0.25) is 9.69 Å². The van der Waals surface area contributed by atoms with E-state index >= 15 is 0 Å². The number of carbonyl (C=O) groups excluding carboxylic acids is 1. The minimum absolute atomic E-state index is 0.307. The first kappa shape index (κ1) is 14.4. The molecule has 15 heavy (non-hydrogen) atoms. The summed E-state index contributed by atoms with van der Waals surface area (Å²) in [4.78, 5) is 13.4. The Morgan fingerprint density at radius 3 is 2.00 bits per heavy atom. The molecule has 4 nitrogen and oxygen atoms in total. The number of nitrogens with zero attached hydrogens (tertiary/aromatic N) is 1. The Hall–Kier alpha value is -0.610. The van der Waals surface area contributed by atoms with Crippen LogP contribution in [0.2, 0.25) is 0 Å². The number of hydrogen-bond acceptors (Lipinski definition) is 4. The van der Waals surface area contributed by atoms with E-state index in [1.807, 2.05) is 25.8 Å². The van der Waals surface area contributed by atoms with Crippen molar-refractivity contribution in [2.45, 2.75) is 51.8 Å². The molecule has 0 rings (SSSR count). The first-order valence-corrected chi connectivity index (χ1v) is 5.09. The summed E-state index contributed by atoms with van der Waals surface area (Å²) in [5, 5.41) is 9.67. The van der Waals surface area contributed by atoms with Gasteiger partial charge in [0, 0.05) is 5.54 Å². The van der Waals surface area contributed by atoms with Crippen LogP contribution in [0.25, 0.3) is 0 Å². The SMILES string of the molecule is COC(=O)C(C)(C)N(C)C(C)(C)C(C)O. The monoisotopic (exact) mass is 217 g/mol. The van der Waals surface area contributed by atoms with Gasteiger partial charge in [0.2, 0.25) is 0 Å². The Kier molecular flexibility index (Phi) is 4.31. The van der Waals surface area contributed by atoms with E-state index in [2.05, 4.69) is 0 Å². The average molecular weight is 217 g/mol. The van der Waals surface area contributed by atoms with Crippen molar-refractivity contribution in [3.8, 4) is 0 Å². The second-order valence-electron chi connectivity index (χ2n) is 4.94. The lowest BCUT2D eigenvalue weighted by Gasteiger charge is -2.46. The van der Waals surface area contributed by atoms with Gasteiger partial charge in [0.15, 0.2) is 0 Å². The second kappa shape index (κ2) is 4.49. The number of likely N-dealkylation sites (N-methyl/N-ethyl adjacent to an activating group) is 1. The molecule has 0 bridgehead atoms. The first-order chi connectivity index (χ1) is 6.58. The third-order valence-corrected chi connectivity index (χ3v) is 3.41. The van der Waals surface area contributed by atoms with Crippen LogP contribution in [0.1, 0.15) is 34.6 Å². The summed E-state index contributed by atoms with van der Waals surface area (Å²) < 4.78 is 4.75. The molecule has 0 fully saturated rings. The van der Waals surface area contributed by atoms with Crippen molar-refractivity contribution in [1.29, 1.82) is 0 Å². The quantitative estimate of drug-likeness (QED) is 0.715.